The summed E-state index contributed by atoms with van der Waals surface area (Å²) in [6.07, 6.45) is 2.76. The van der Waals surface area contributed by atoms with E-state index < -0.39 is 0 Å². The average molecular weight is 365 g/mol. The number of nitrogens with one attached hydrogen (secondary N) is 1. The van der Waals surface area contributed by atoms with Crippen LogP contribution in [0.1, 0.15) is 31.2 Å². The summed E-state index contributed by atoms with van der Waals surface area (Å²) in [7, 11) is 1.38. The van der Waals surface area contributed by atoms with E-state index in [1.165, 1.54) is 19.2 Å². The van der Waals surface area contributed by atoms with E-state index in [1.807, 2.05) is 4.90 Å². The number of carbonyl (C=O) groups is 2. The fourth-order valence-electron chi connectivity index (χ4n) is 2.98. The Balaban J connectivity index is 1.67. The molecule has 7 heteroatoms. The SMILES string of the molecule is COC(=O)CCCCNC(=O)N1CCCN(Cc2ccc(F)cc2)CC1. The van der Waals surface area contributed by atoms with Gasteiger partial charge in [-0.1, -0.05) is 12.1 Å². The van der Waals surface area contributed by atoms with Gasteiger partial charge in [0.15, 0.2) is 0 Å². The Morgan fingerprint density at radius 1 is 1.12 bits per heavy atom. The van der Waals surface area contributed by atoms with Gasteiger partial charge in [0.2, 0.25) is 0 Å². The maximum absolute atomic E-state index is 13.0. The number of methoxy groups -OCH3 is 1. The zero-order chi connectivity index (χ0) is 18.8. The Bertz CT molecular complexity index is 580. The van der Waals surface area contributed by atoms with Gasteiger partial charge in [0, 0.05) is 45.7 Å². The molecule has 6 nitrogen and oxygen atoms in total. The molecule has 0 bridgehead atoms. The van der Waals surface area contributed by atoms with E-state index in [-0.39, 0.29) is 17.8 Å². The van der Waals surface area contributed by atoms with Gasteiger partial charge in [-0.05, 0) is 37.0 Å². The lowest BCUT2D eigenvalue weighted by Crippen LogP contribution is -2.42. The van der Waals surface area contributed by atoms with Crippen molar-refractivity contribution in [2.75, 3.05) is 39.8 Å². The molecular formula is C19H28FN3O3. The largest absolute Gasteiger partial charge is 0.469 e. The summed E-state index contributed by atoms with van der Waals surface area (Å²) in [4.78, 5) is 27.4. The van der Waals surface area contributed by atoms with Crippen LogP contribution in [0.25, 0.3) is 0 Å². The molecule has 2 amide bonds. The molecule has 2 rings (SSSR count). The van der Waals surface area contributed by atoms with Crippen molar-refractivity contribution >= 4 is 12.0 Å². The monoisotopic (exact) mass is 365 g/mol. The summed E-state index contributed by atoms with van der Waals surface area (Å²) >= 11 is 0. The van der Waals surface area contributed by atoms with E-state index in [4.69, 9.17) is 0 Å². The van der Waals surface area contributed by atoms with Crippen LogP contribution in [0.4, 0.5) is 9.18 Å². The Morgan fingerprint density at radius 2 is 1.88 bits per heavy atom. The van der Waals surface area contributed by atoms with Crippen LogP contribution < -0.4 is 5.32 Å². The van der Waals surface area contributed by atoms with E-state index in [9.17, 15) is 14.0 Å². The number of amides is 2. The number of nitrogens with zero attached hydrogens (tertiary/aromatic N) is 2. The van der Waals surface area contributed by atoms with Crippen molar-refractivity contribution in [3.8, 4) is 0 Å². The number of esters is 1. The number of rotatable bonds is 7. The highest BCUT2D eigenvalue weighted by Gasteiger charge is 2.18. The molecule has 26 heavy (non-hydrogen) atoms. The van der Waals surface area contributed by atoms with Crippen LogP contribution in [0.5, 0.6) is 0 Å². The van der Waals surface area contributed by atoms with E-state index in [2.05, 4.69) is 15.0 Å². The molecule has 1 saturated heterocycles. The van der Waals surface area contributed by atoms with E-state index in [1.54, 1.807) is 12.1 Å². The van der Waals surface area contributed by atoms with Crippen molar-refractivity contribution in [3.05, 3.63) is 35.6 Å². The van der Waals surface area contributed by atoms with Crippen molar-refractivity contribution in [1.29, 1.82) is 0 Å². The highest BCUT2D eigenvalue weighted by atomic mass is 19.1. The summed E-state index contributed by atoms with van der Waals surface area (Å²) in [6, 6.07) is 6.52. The predicted octanol–water partition coefficient (Wildman–Crippen LogP) is 2.39. The fourth-order valence-corrected chi connectivity index (χ4v) is 2.98. The fraction of sp³-hybridized carbons (Fsp3) is 0.579. The second kappa shape index (κ2) is 10.8. The van der Waals surface area contributed by atoms with E-state index >= 15 is 0 Å². The molecule has 1 aliphatic heterocycles. The number of halogens is 1. The van der Waals surface area contributed by atoms with Crippen LogP contribution >= 0.6 is 0 Å². The highest BCUT2D eigenvalue weighted by molar-refractivity contribution is 5.74. The second-order valence-electron chi connectivity index (χ2n) is 6.51. The summed E-state index contributed by atoms with van der Waals surface area (Å²) in [5.74, 6) is -0.441. The first-order valence-electron chi connectivity index (χ1n) is 9.15. The third-order valence-corrected chi connectivity index (χ3v) is 4.51. The van der Waals surface area contributed by atoms with Gasteiger partial charge in [0.25, 0.3) is 0 Å². The first kappa shape index (κ1) is 20.2. The molecule has 0 saturated carbocycles. The van der Waals surface area contributed by atoms with Crippen molar-refractivity contribution in [2.45, 2.75) is 32.2 Å². The minimum absolute atomic E-state index is 0.0494. The number of unbranched alkanes of at least 4 members (excludes halogenated alkanes) is 1. The lowest BCUT2D eigenvalue weighted by Gasteiger charge is -2.22. The van der Waals surface area contributed by atoms with Crippen molar-refractivity contribution in [1.82, 2.24) is 15.1 Å². The molecule has 0 aromatic heterocycles. The van der Waals surface area contributed by atoms with Crippen LogP contribution in [0.3, 0.4) is 0 Å². The summed E-state index contributed by atoms with van der Waals surface area (Å²) in [5, 5.41) is 2.92. The van der Waals surface area contributed by atoms with Gasteiger partial charge in [0.05, 0.1) is 7.11 Å². The van der Waals surface area contributed by atoms with E-state index in [0.29, 0.717) is 25.9 Å². The number of ether oxygens (including phenoxy) is 1. The highest BCUT2D eigenvalue weighted by Crippen LogP contribution is 2.10. The van der Waals surface area contributed by atoms with Crippen molar-refractivity contribution in [2.24, 2.45) is 0 Å². The smallest absolute Gasteiger partial charge is 0.317 e. The number of hydrogen-bond acceptors (Lipinski definition) is 4. The van der Waals surface area contributed by atoms with Gasteiger partial charge in [-0.3, -0.25) is 9.69 Å². The van der Waals surface area contributed by atoms with Gasteiger partial charge in [-0.25, -0.2) is 9.18 Å². The normalized spacial score (nSPS) is 15.4. The molecule has 0 aliphatic carbocycles. The first-order chi connectivity index (χ1) is 12.6. The molecule has 1 aromatic rings. The zero-order valence-corrected chi connectivity index (χ0v) is 15.4. The van der Waals surface area contributed by atoms with E-state index in [0.717, 1.165) is 44.6 Å². The lowest BCUT2D eigenvalue weighted by atomic mass is 10.2. The van der Waals surface area contributed by atoms with Gasteiger partial charge in [0.1, 0.15) is 5.82 Å². The minimum atomic E-state index is -0.223. The van der Waals surface area contributed by atoms with Crippen molar-refractivity contribution < 1.29 is 18.7 Å². The Labute approximate surface area is 154 Å². The topological polar surface area (TPSA) is 61.9 Å². The molecule has 1 aliphatic rings. The molecule has 0 atom stereocenters. The maximum atomic E-state index is 13.0. The second-order valence-corrected chi connectivity index (χ2v) is 6.51. The Kier molecular flexibility index (Phi) is 8.34. The molecule has 1 heterocycles. The summed E-state index contributed by atoms with van der Waals surface area (Å²) in [6.45, 7) is 4.45. The summed E-state index contributed by atoms with van der Waals surface area (Å²) in [5.41, 5.74) is 1.08. The molecule has 1 aromatic carbocycles. The van der Waals surface area contributed by atoms with Crippen LogP contribution in [0.15, 0.2) is 24.3 Å². The third kappa shape index (κ3) is 7.00. The third-order valence-electron chi connectivity index (χ3n) is 4.51. The Hall–Kier alpha value is -2.15. The Morgan fingerprint density at radius 3 is 2.62 bits per heavy atom. The standard InChI is InChI=1S/C19H28FN3O3/c1-26-18(24)5-2-3-10-21-19(25)23-12-4-11-22(13-14-23)15-16-6-8-17(20)9-7-16/h6-9H,2-5,10-15H2,1H3,(H,21,25). The number of carbonyl (C=O) groups excluding carboxylic acids is 2. The molecule has 144 valence electrons. The van der Waals surface area contributed by atoms with Gasteiger partial charge >= 0.3 is 12.0 Å². The number of urea groups is 1. The minimum Gasteiger partial charge on any atom is -0.469 e. The van der Waals surface area contributed by atoms with Gasteiger partial charge in [-0.15, -0.1) is 0 Å². The molecule has 1 fully saturated rings. The van der Waals surface area contributed by atoms with Crippen molar-refractivity contribution in [3.63, 3.8) is 0 Å². The van der Waals surface area contributed by atoms with Crippen LogP contribution in [0.2, 0.25) is 0 Å². The van der Waals surface area contributed by atoms with Crippen LogP contribution in [-0.2, 0) is 16.1 Å². The quantitative estimate of drug-likeness (QED) is 0.595. The zero-order valence-electron chi connectivity index (χ0n) is 15.4. The van der Waals surface area contributed by atoms with Crippen LogP contribution in [-0.4, -0.2) is 61.6 Å². The maximum Gasteiger partial charge on any atom is 0.317 e. The van der Waals surface area contributed by atoms with Crippen LogP contribution in [0, 0.1) is 5.82 Å². The molecule has 0 radical (unpaired) electrons. The molecule has 0 spiro atoms. The predicted molar refractivity (Wildman–Crippen MR) is 97.1 cm³/mol. The molecule has 0 unspecified atom stereocenters. The summed E-state index contributed by atoms with van der Waals surface area (Å²) < 4.78 is 17.6. The lowest BCUT2D eigenvalue weighted by molar-refractivity contribution is -0.140. The first-order valence-corrected chi connectivity index (χ1v) is 9.15. The van der Waals surface area contributed by atoms with Gasteiger partial charge < -0.3 is 15.0 Å². The van der Waals surface area contributed by atoms with Gasteiger partial charge in [-0.2, -0.15) is 0 Å². The molecule has 1 N–H and O–H groups in total. The average Bonchev–Trinajstić information content (AvgIpc) is 2.88. The number of hydrogen-bond donors (Lipinski definition) is 1. The molecular weight excluding hydrogens is 337 g/mol. The number of benzene rings is 1.